The Bertz CT molecular complexity index is 665. The summed E-state index contributed by atoms with van der Waals surface area (Å²) in [5.41, 5.74) is 0.730. The van der Waals surface area contributed by atoms with Crippen LogP contribution in [0.25, 0.3) is 0 Å². The van der Waals surface area contributed by atoms with Crippen LogP contribution in [0.4, 0.5) is 4.79 Å². The average molecular weight is 421 g/mol. The van der Waals surface area contributed by atoms with E-state index in [0.29, 0.717) is 13.1 Å². The van der Waals surface area contributed by atoms with E-state index in [-0.39, 0.29) is 23.3 Å². The number of carbonyl (C=O) groups is 1. The smallest absolute Gasteiger partial charge is 0.410 e. The SMILES string of the molecule is CC(C)(C)OC(=O)N1CC[C@H](O[Si](C)(C)C(C)(C)C)[C@H]1CNCc1ccccc1. The molecule has 0 bridgehead atoms. The quantitative estimate of drug-likeness (QED) is 0.645. The van der Waals surface area contributed by atoms with Crippen LogP contribution in [0.1, 0.15) is 53.5 Å². The Kier molecular flexibility index (Phi) is 7.57. The first-order chi connectivity index (χ1) is 13.3. The van der Waals surface area contributed by atoms with Gasteiger partial charge in [0, 0.05) is 19.6 Å². The van der Waals surface area contributed by atoms with Crippen molar-refractivity contribution in [2.75, 3.05) is 13.1 Å². The molecule has 0 spiro atoms. The molecule has 0 unspecified atom stereocenters. The number of carbonyl (C=O) groups excluding carboxylic acids is 1. The predicted octanol–water partition coefficient (Wildman–Crippen LogP) is 5.18. The highest BCUT2D eigenvalue weighted by atomic mass is 28.4. The summed E-state index contributed by atoms with van der Waals surface area (Å²) in [7, 11) is -1.93. The molecule has 1 aromatic rings. The van der Waals surface area contributed by atoms with E-state index in [0.717, 1.165) is 13.0 Å². The lowest BCUT2D eigenvalue weighted by Crippen LogP contribution is -2.52. The van der Waals surface area contributed by atoms with Gasteiger partial charge in [-0.2, -0.15) is 0 Å². The third kappa shape index (κ3) is 6.83. The number of hydrogen-bond donors (Lipinski definition) is 1. The molecule has 6 heteroatoms. The molecule has 1 amide bonds. The van der Waals surface area contributed by atoms with Crippen LogP contribution in [-0.4, -0.2) is 50.1 Å². The molecule has 0 aromatic heterocycles. The van der Waals surface area contributed by atoms with Gasteiger partial charge in [0.15, 0.2) is 8.32 Å². The Morgan fingerprint density at radius 2 is 1.76 bits per heavy atom. The molecule has 5 nitrogen and oxygen atoms in total. The Labute approximate surface area is 178 Å². The number of nitrogens with one attached hydrogen (secondary N) is 1. The minimum Gasteiger partial charge on any atom is -0.444 e. The van der Waals surface area contributed by atoms with Gasteiger partial charge in [0.2, 0.25) is 0 Å². The monoisotopic (exact) mass is 420 g/mol. The van der Waals surface area contributed by atoms with Gasteiger partial charge in [-0.15, -0.1) is 0 Å². The molecule has 164 valence electrons. The molecule has 1 aromatic carbocycles. The molecular formula is C23H40N2O3Si. The second-order valence-electron chi connectivity index (χ2n) is 10.6. The number of amides is 1. The van der Waals surface area contributed by atoms with Gasteiger partial charge in [-0.25, -0.2) is 4.79 Å². The zero-order valence-corrected chi connectivity index (χ0v) is 20.5. The number of nitrogens with zero attached hydrogens (tertiary/aromatic N) is 1. The van der Waals surface area contributed by atoms with Crippen molar-refractivity contribution in [3.05, 3.63) is 35.9 Å². The van der Waals surface area contributed by atoms with Gasteiger partial charge >= 0.3 is 6.09 Å². The van der Waals surface area contributed by atoms with Crippen molar-refractivity contribution in [3.63, 3.8) is 0 Å². The summed E-state index contributed by atoms with van der Waals surface area (Å²) in [6, 6.07) is 10.3. The largest absolute Gasteiger partial charge is 0.444 e. The lowest BCUT2D eigenvalue weighted by atomic mass is 10.1. The number of likely N-dealkylation sites (tertiary alicyclic amines) is 1. The van der Waals surface area contributed by atoms with Crippen LogP contribution in [0.3, 0.4) is 0 Å². The predicted molar refractivity (Wildman–Crippen MR) is 122 cm³/mol. The van der Waals surface area contributed by atoms with Gasteiger partial charge in [-0.05, 0) is 50.9 Å². The normalized spacial score (nSPS) is 20.8. The minimum atomic E-state index is -1.93. The van der Waals surface area contributed by atoms with E-state index in [9.17, 15) is 4.79 Å². The third-order valence-electron chi connectivity index (χ3n) is 5.89. The van der Waals surface area contributed by atoms with Gasteiger partial charge in [-0.3, -0.25) is 0 Å². The fourth-order valence-corrected chi connectivity index (χ4v) is 4.65. The van der Waals surface area contributed by atoms with Crippen molar-refractivity contribution in [2.24, 2.45) is 0 Å². The van der Waals surface area contributed by atoms with Crippen LogP contribution >= 0.6 is 0 Å². The highest BCUT2D eigenvalue weighted by Crippen LogP contribution is 2.39. The minimum absolute atomic E-state index is 0.0253. The number of benzene rings is 1. The zero-order chi connectivity index (χ0) is 21.9. The molecule has 1 heterocycles. The molecule has 1 aliphatic rings. The van der Waals surface area contributed by atoms with Crippen molar-refractivity contribution in [1.29, 1.82) is 0 Å². The fourth-order valence-electron chi connectivity index (χ4n) is 3.27. The lowest BCUT2D eigenvalue weighted by molar-refractivity contribution is 0.0164. The Morgan fingerprint density at radius 3 is 2.31 bits per heavy atom. The van der Waals surface area contributed by atoms with Crippen LogP contribution in [-0.2, 0) is 15.7 Å². The van der Waals surface area contributed by atoms with E-state index in [1.54, 1.807) is 0 Å². The topological polar surface area (TPSA) is 50.8 Å². The zero-order valence-electron chi connectivity index (χ0n) is 19.5. The second kappa shape index (κ2) is 9.19. The molecule has 1 N–H and O–H groups in total. The summed E-state index contributed by atoms with van der Waals surface area (Å²) < 4.78 is 12.4. The lowest BCUT2D eigenvalue weighted by Gasteiger charge is -2.40. The molecule has 0 aliphatic carbocycles. The summed E-state index contributed by atoms with van der Waals surface area (Å²) in [6.45, 7) is 19.2. The van der Waals surface area contributed by atoms with Crippen molar-refractivity contribution < 1.29 is 14.0 Å². The molecule has 0 saturated carbocycles. The number of hydrogen-bond acceptors (Lipinski definition) is 4. The molecule has 2 rings (SSSR count). The second-order valence-corrected chi connectivity index (χ2v) is 15.3. The van der Waals surface area contributed by atoms with E-state index >= 15 is 0 Å². The Balaban J connectivity index is 2.11. The summed E-state index contributed by atoms with van der Waals surface area (Å²) in [6.07, 6.45) is 0.640. The van der Waals surface area contributed by atoms with Gasteiger partial charge < -0.3 is 19.4 Å². The molecule has 1 saturated heterocycles. The van der Waals surface area contributed by atoms with Gasteiger partial charge in [-0.1, -0.05) is 51.1 Å². The van der Waals surface area contributed by atoms with E-state index < -0.39 is 13.9 Å². The van der Waals surface area contributed by atoms with Crippen molar-refractivity contribution >= 4 is 14.4 Å². The summed E-state index contributed by atoms with van der Waals surface area (Å²) in [4.78, 5) is 14.7. The van der Waals surface area contributed by atoms with E-state index in [1.165, 1.54) is 5.56 Å². The van der Waals surface area contributed by atoms with Gasteiger partial charge in [0.1, 0.15) is 5.60 Å². The molecule has 0 radical (unpaired) electrons. The molecular weight excluding hydrogens is 380 g/mol. The van der Waals surface area contributed by atoms with Crippen molar-refractivity contribution in [2.45, 2.75) is 90.4 Å². The van der Waals surface area contributed by atoms with E-state index in [4.69, 9.17) is 9.16 Å². The molecule has 29 heavy (non-hydrogen) atoms. The first kappa shape index (κ1) is 23.9. The standard InChI is InChI=1S/C23H40N2O3Si/c1-22(2,3)27-21(26)25-15-14-20(28-29(7,8)23(4,5)6)19(25)17-24-16-18-12-10-9-11-13-18/h9-13,19-20,24H,14-17H2,1-8H3/t19-,20+/m1/s1. The highest BCUT2D eigenvalue weighted by molar-refractivity contribution is 6.74. The first-order valence-corrected chi connectivity index (χ1v) is 13.6. The Hall–Kier alpha value is -1.37. The first-order valence-electron chi connectivity index (χ1n) is 10.7. The molecule has 2 atom stereocenters. The van der Waals surface area contributed by atoms with Crippen LogP contribution in [0, 0.1) is 0 Å². The van der Waals surface area contributed by atoms with Gasteiger partial charge in [0.25, 0.3) is 0 Å². The summed E-state index contributed by atoms with van der Waals surface area (Å²) in [5, 5.41) is 3.67. The maximum absolute atomic E-state index is 12.8. The molecule has 1 aliphatic heterocycles. The van der Waals surface area contributed by atoms with Crippen LogP contribution < -0.4 is 5.32 Å². The number of ether oxygens (including phenoxy) is 1. The summed E-state index contributed by atoms with van der Waals surface area (Å²) in [5.74, 6) is 0. The third-order valence-corrected chi connectivity index (χ3v) is 10.4. The maximum atomic E-state index is 12.8. The van der Waals surface area contributed by atoms with Crippen molar-refractivity contribution in [1.82, 2.24) is 10.2 Å². The average Bonchev–Trinajstić information content (AvgIpc) is 2.95. The summed E-state index contributed by atoms with van der Waals surface area (Å²) >= 11 is 0. The van der Waals surface area contributed by atoms with Crippen LogP contribution in [0.5, 0.6) is 0 Å². The van der Waals surface area contributed by atoms with Crippen LogP contribution in [0.2, 0.25) is 18.1 Å². The van der Waals surface area contributed by atoms with Crippen molar-refractivity contribution in [3.8, 4) is 0 Å². The molecule has 1 fully saturated rings. The Morgan fingerprint density at radius 1 is 1.14 bits per heavy atom. The van der Waals surface area contributed by atoms with E-state index in [1.807, 2.05) is 43.9 Å². The van der Waals surface area contributed by atoms with Crippen LogP contribution in [0.15, 0.2) is 30.3 Å². The maximum Gasteiger partial charge on any atom is 0.410 e. The van der Waals surface area contributed by atoms with Gasteiger partial charge in [0.05, 0.1) is 12.1 Å². The highest BCUT2D eigenvalue weighted by Gasteiger charge is 2.45. The number of rotatable bonds is 6. The fraction of sp³-hybridized carbons (Fsp3) is 0.696. The van der Waals surface area contributed by atoms with E-state index in [2.05, 4.69) is 51.3 Å².